The molecule has 0 saturated heterocycles. The summed E-state index contributed by atoms with van der Waals surface area (Å²) in [6, 6.07) is 1.46. The van der Waals surface area contributed by atoms with Gasteiger partial charge in [-0.15, -0.1) is 0 Å². The fourth-order valence-corrected chi connectivity index (χ4v) is 2.88. The Labute approximate surface area is 98.6 Å². The van der Waals surface area contributed by atoms with E-state index < -0.39 is 11.6 Å². The van der Waals surface area contributed by atoms with E-state index >= 15 is 0 Å². The molecule has 1 heterocycles. The molecule has 1 atom stereocenters. The summed E-state index contributed by atoms with van der Waals surface area (Å²) in [4.78, 5) is 0. The highest BCUT2D eigenvalue weighted by molar-refractivity contribution is 14.2. The second kappa shape index (κ2) is 3.79. The number of fused-ring (bicyclic) bond motifs is 1. The van der Waals surface area contributed by atoms with E-state index in [1.807, 2.05) is 0 Å². The lowest BCUT2D eigenvalue weighted by Gasteiger charge is -2.01. The van der Waals surface area contributed by atoms with Crippen LogP contribution in [0.3, 0.4) is 0 Å². The number of aromatic nitrogens is 2. The van der Waals surface area contributed by atoms with Gasteiger partial charge < -0.3 is 5.11 Å². The summed E-state index contributed by atoms with van der Waals surface area (Å²) in [7, 11) is 0. The molecule has 14 heavy (non-hydrogen) atoms. The Morgan fingerprint density at radius 3 is 3.00 bits per heavy atom. The van der Waals surface area contributed by atoms with E-state index in [2.05, 4.69) is 27.1 Å². The zero-order valence-corrected chi connectivity index (χ0v) is 10.5. The zero-order chi connectivity index (χ0) is 10.3. The van der Waals surface area contributed by atoms with E-state index in [-0.39, 0.29) is 5.02 Å². The van der Waals surface area contributed by atoms with Gasteiger partial charge in [0, 0.05) is 0 Å². The third-order valence-electron chi connectivity index (χ3n) is 1.82. The molecule has 74 valence electrons. The van der Waals surface area contributed by atoms with Crippen molar-refractivity contribution in [3.05, 3.63) is 23.1 Å². The normalized spacial score (nSPS) is 11.9. The van der Waals surface area contributed by atoms with Gasteiger partial charge in [-0.25, -0.2) is 8.84 Å². The largest absolute Gasteiger partial charge is 0.504 e. The van der Waals surface area contributed by atoms with Crippen LogP contribution < -0.4 is 0 Å². The van der Waals surface area contributed by atoms with E-state index in [1.54, 1.807) is 4.45 Å². The van der Waals surface area contributed by atoms with Gasteiger partial charge in [0.05, 0.1) is 28.5 Å². The quantitative estimate of drug-likeness (QED) is 0.636. The van der Waals surface area contributed by atoms with E-state index in [0.717, 1.165) is 0 Å². The van der Waals surface area contributed by atoms with Gasteiger partial charge in [-0.05, 0) is 28.1 Å². The summed E-state index contributed by atoms with van der Waals surface area (Å²) in [5, 5.41) is 13.7. The highest BCUT2D eigenvalue weighted by Gasteiger charge is 2.14. The van der Waals surface area contributed by atoms with Crippen molar-refractivity contribution in [2.75, 3.05) is 0 Å². The van der Waals surface area contributed by atoms with Gasteiger partial charge in [-0.3, -0.25) is 0 Å². The first-order valence-electron chi connectivity index (χ1n) is 3.56. The molecule has 1 aromatic heterocycles. The van der Waals surface area contributed by atoms with Crippen LogP contribution in [0.5, 0.6) is 5.75 Å². The van der Waals surface area contributed by atoms with Gasteiger partial charge in [-0.1, -0.05) is 11.6 Å². The molecule has 3 nitrogen and oxygen atoms in total. The molecule has 1 N–H and O–H groups in total. The molecule has 0 aliphatic rings. The van der Waals surface area contributed by atoms with Crippen molar-refractivity contribution < 1.29 is 9.50 Å². The average molecular weight is 344 g/mol. The number of rotatable bonds is 1. The molecule has 7 heteroatoms. The number of nitrogens with zero attached hydrogens (tertiary/aromatic N) is 2. The van der Waals surface area contributed by atoms with E-state index in [1.165, 1.54) is 12.3 Å². The Bertz CT molecular complexity index is 504. The van der Waals surface area contributed by atoms with Gasteiger partial charge in [0.25, 0.3) is 0 Å². The number of aromatic hydroxyl groups is 1. The van der Waals surface area contributed by atoms with Crippen molar-refractivity contribution in [1.29, 1.82) is 0 Å². The van der Waals surface area contributed by atoms with Crippen LogP contribution in [0.25, 0.3) is 10.9 Å². The maximum Gasteiger partial charge on any atom is 0.184 e. The van der Waals surface area contributed by atoms with Crippen LogP contribution in [-0.4, -0.2) is 14.7 Å². The van der Waals surface area contributed by atoms with Gasteiger partial charge in [-0.2, -0.15) is 5.10 Å². The van der Waals surface area contributed by atoms with E-state index in [4.69, 9.17) is 11.6 Å². The Hall–Kier alpha value is -0.130. The van der Waals surface area contributed by atoms with Crippen LogP contribution in [0.15, 0.2) is 12.3 Å². The summed E-state index contributed by atoms with van der Waals surface area (Å²) < 4.78 is 14.8. The molecule has 0 aliphatic heterocycles. The molecule has 0 saturated carbocycles. The monoisotopic (exact) mass is 344 g/mol. The lowest BCUT2D eigenvalue weighted by molar-refractivity contribution is 0.439. The lowest BCUT2D eigenvalue weighted by Crippen LogP contribution is -1.84. The second-order valence-corrected chi connectivity index (χ2v) is 5.04. The third kappa shape index (κ3) is 1.47. The van der Waals surface area contributed by atoms with Crippen molar-refractivity contribution in [2.24, 2.45) is 0 Å². The maximum atomic E-state index is 13.2. The van der Waals surface area contributed by atoms with E-state index in [0.29, 0.717) is 17.3 Å². The SMILES string of the molecule is Oc1c(F)c(Cl)cc2c1cnn2PI. The molecule has 1 unspecified atom stereocenters. The number of benzene rings is 1. The van der Waals surface area contributed by atoms with Crippen molar-refractivity contribution in [3.8, 4) is 5.75 Å². The minimum absolute atomic E-state index is 0.0913. The Morgan fingerprint density at radius 1 is 1.64 bits per heavy atom. The van der Waals surface area contributed by atoms with Crippen molar-refractivity contribution in [1.82, 2.24) is 9.55 Å². The molecule has 2 aromatic rings. The van der Waals surface area contributed by atoms with Crippen molar-refractivity contribution in [3.63, 3.8) is 0 Å². The average Bonchev–Trinajstić information content (AvgIpc) is 2.57. The molecule has 2 rings (SSSR count). The van der Waals surface area contributed by atoms with Gasteiger partial charge >= 0.3 is 0 Å². The Kier molecular flexibility index (Phi) is 2.81. The molecule has 0 bridgehead atoms. The topological polar surface area (TPSA) is 38.1 Å². The van der Waals surface area contributed by atoms with Crippen LogP contribution in [0, 0.1) is 5.82 Å². The molecule has 0 radical (unpaired) electrons. The molecule has 1 aromatic carbocycles. The molecule has 0 spiro atoms. The second-order valence-electron chi connectivity index (χ2n) is 2.59. The molecule has 0 aliphatic carbocycles. The number of halogens is 3. The Balaban J connectivity index is 2.86. The van der Waals surface area contributed by atoms with E-state index in [9.17, 15) is 9.50 Å². The minimum atomic E-state index is -0.796. The summed E-state index contributed by atoms with van der Waals surface area (Å²) in [6.45, 7) is 0. The van der Waals surface area contributed by atoms with Crippen LogP contribution in [-0.2, 0) is 0 Å². The predicted molar refractivity (Wildman–Crippen MR) is 64.1 cm³/mol. The lowest BCUT2D eigenvalue weighted by atomic mass is 10.2. The van der Waals surface area contributed by atoms with Gasteiger partial charge in [0.2, 0.25) is 0 Å². The van der Waals surface area contributed by atoms with Crippen molar-refractivity contribution in [2.45, 2.75) is 0 Å². The molecule has 0 fully saturated rings. The number of phenolic OH excluding ortho intramolecular Hbond substituents is 1. The van der Waals surface area contributed by atoms with Gasteiger partial charge in [0.15, 0.2) is 11.6 Å². The Morgan fingerprint density at radius 2 is 2.36 bits per heavy atom. The minimum Gasteiger partial charge on any atom is -0.504 e. The summed E-state index contributed by atoms with van der Waals surface area (Å²) in [5.74, 6) is -1.23. The first-order valence-corrected chi connectivity index (χ1v) is 8.00. The number of hydrogen-bond acceptors (Lipinski definition) is 2. The number of hydrogen-bond donors (Lipinski definition) is 1. The third-order valence-corrected chi connectivity index (χ3v) is 3.99. The van der Waals surface area contributed by atoms with Gasteiger partial charge in [0.1, 0.15) is 0 Å². The molecular weight excluding hydrogens is 340 g/mol. The summed E-state index contributed by atoms with van der Waals surface area (Å²) in [5.41, 5.74) is 0.640. The zero-order valence-electron chi connectivity index (χ0n) is 6.63. The summed E-state index contributed by atoms with van der Waals surface area (Å²) in [6.07, 6.45) is 1.81. The first-order chi connectivity index (χ1) is 6.65. The van der Waals surface area contributed by atoms with Crippen molar-refractivity contribution >= 4 is 50.9 Å². The van der Waals surface area contributed by atoms with Crippen LogP contribution >= 0.6 is 40.0 Å². The standard InChI is InChI=1S/C7H4ClFIN2OP/c8-4-1-5-3(7(13)6(4)9)2-11-12(5)14-10/h1-2,13-14H. The van der Waals surface area contributed by atoms with Crippen LogP contribution in [0.4, 0.5) is 4.39 Å². The fraction of sp³-hybridized carbons (Fsp3) is 0. The van der Waals surface area contributed by atoms with Crippen LogP contribution in [0.1, 0.15) is 0 Å². The highest BCUT2D eigenvalue weighted by atomic mass is 127. The summed E-state index contributed by atoms with van der Waals surface area (Å²) >= 11 is 7.74. The number of phenols is 1. The maximum absolute atomic E-state index is 13.2. The predicted octanol–water partition coefficient (Wildman–Crippen LogP) is 3.33. The molecule has 0 amide bonds. The smallest absolute Gasteiger partial charge is 0.184 e. The highest BCUT2D eigenvalue weighted by Crippen LogP contribution is 2.36. The first kappa shape index (κ1) is 10.4. The van der Waals surface area contributed by atoms with Crippen LogP contribution in [0.2, 0.25) is 5.02 Å². The fourth-order valence-electron chi connectivity index (χ4n) is 1.16. The molecular formula is C7H4ClFIN2OP.